The van der Waals surface area contributed by atoms with Gasteiger partial charge in [0.05, 0.1) is 16.3 Å². The van der Waals surface area contributed by atoms with Crippen molar-refractivity contribution in [2.45, 2.75) is 0 Å². The van der Waals surface area contributed by atoms with E-state index >= 15 is 0 Å². The summed E-state index contributed by atoms with van der Waals surface area (Å²) in [5.74, 6) is 0. The number of hydrogen-bond donors (Lipinski definition) is 0. The van der Waals surface area contributed by atoms with Crippen LogP contribution in [0.3, 0.4) is 0 Å². The summed E-state index contributed by atoms with van der Waals surface area (Å²) in [5, 5.41) is 5.80. The predicted molar refractivity (Wildman–Crippen MR) is 171 cm³/mol. The van der Waals surface area contributed by atoms with Crippen LogP contribution < -0.4 is 4.90 Å². The summed E-state index contributed by atoms with van der Waals surface area (Å²) in [6.07, 6.45) is 0. The summed E-state index contributed by atoms with van der Waals surface area (Å²) < 4.78 is 6.30. The largest absolute Gasteiger partial charge is 0.456 e. The molecule has 3 nitrogen and oxygen atoms in total. The maximum absolute atomic E-state index is 6.30. The number of fused-ring (bicyclic) bond motifs is 6. The van der Waals surface area contributed by atoms with Crippen molar-refractivity contribution in [3.05, 3.63) is 133 Å². The van der Waals surface area contributed by atoms with Crippen LogP contribution in [0.2, 0.25) is 0 Å². The quantitative estimate of drug-likeness (QED) is 0.221. The number of nitrogens with zero attached hydrogens (tertiary/aromatic N) is 2. The molecular formula is C37H22N2OS. The first-order chi connectivity index (χ1) is 20.3. The fourth-order valence-electron chi connectivity index (χ4n) is 6.22. The third-order valence-corrected chi connectivity index (χ3v) is 9.18. The van der Waals surface area contributed by atoms with Gasteiger partial charge >= 0.3 is 0 Å². The van der Waals surface area contributed by atoms with Crippen molar-refractivity contribution in [1.82, 2.24) is 4.98 Å². The van der Waals surface area contributed by atoms with Crippen LogP contribution in [0.25, 0.3) is 65.0 Å². The van der Waals surface area contributed by atoms with Gasteiger partial charge in [0.2, 0.25) is 0 Å². The van der Waals surface area contributed by atoms with Gasteiger partial charge in [0.15, 0.2) is 0 Å². The number of thiazole rings is 1. The van der Waals surface area contributed by atoms with Crippen molar-refractivity contribution < 1.29 is 4.42 Å². The first-order valence-electron chi connectivity index (χ1n) is 13.7. The number of benzene rings is 6. The van der Waals surface area contributed by atoms with Crippen LogP contribution >= 0.6 is 11.3 Å². The molecule has 0 bridgehead atoms. The lowest BCUT2D eigenvalue weighted by atomic mass is 10.0. The molecule has 192 valence electrons. The standard InChI is InChI=1S/C37H22N2OS/c1-3-10-23(11-4-1)37-38-35-29-16-9-15-28-31(21-20-30(34(28)29)36(35)41-37)39(24-12-5-2-6-13-24)25-18-19-27-26-14-7-8-17-32(26)40-33(27)22-25/h1-22H. The lowest BCUT2D eigenvalue weighted by Crippen LogP contribution is -2.10. The fourth-order valence-corrected chi connectivity index (χ4v) is 7.34. The van der Waals surface area contributed by atoms with Crippen LogP contribution in [0, 0.1) is 0 Å². The first-order valence-corrected chi connectivity index (χ1v) is 14.5. The third-order valence-electron chi connectivity index (χ3n) is 8.04. The van der Waals surface area contributed by atoms with Gasteiger partial charge in [0, 0.05) is 55.7 Å². The smallest absolute Gasteiger partial charge is 0.137 e. The molecule has 6 aromatic carbocycles. The maximum Gasteiger partial charge on any atom is 0.137 e. The predicted octanol–water partition coefficient (Wildman–Crippen LogP) is 11.0. The topological polar surface area (TPSA) is 29.3 Å². The summed E-state index contributed by atoms with van der Waals surface area (Å²) in [5.41, 5.74) is 9.78. The Hall–Kier alpha value is -5.19. The molecule has 0 aliphatic heterocycles. The lowest BCUT2D eigenvalue weighted by Gasteiger charge is -2.27. The summed E-state index contributed by atoms with van der Waals surface area (Å²) in [4.78, 5) is 8.72. The van der Waals surface area contributed by atoms with Crippen molar-refractivity contribution in [2.24, 2.45) is 0 Å². The minimum atomic E-state index is 0.885. The van der Waals surface area contributed by atoms with Crippen molar-refractivity contribution in [1.29, 1.82) is 0 Å². The molecule has 1 aliphatic rings. The highest BCUT2D eigenvalue weighted by Crippen LogP contribution is 2.54. The van der Waals surface area contributed by atoms with E-state index < -0.39 is 0 Å². The summed E-state index contributed by atoms with van der Waals surface area (Å²) in [6, 6.07) is 46.9. The van der Waals surface area contributed by atoms with Crippen LogP contribution in [0.4, 0.5) is 17.1 Å². The van der Waals surface area contributed by atoms with Gasteiger partial charge < -0.3 is 9.32 Å². The van der Waals surface area contributed by atoms with E-state index in [1.807, 2.05) is 18.2 Å². The zero-order chi connectivity index (χ0) is 26.9. The van der Waals surface area contributed by atoms with E-state index in [1.165, 1.54) is 26.8 Å². The zero-order valence-electron chi connectivity index (χ0n) is 21.9. The van der Waals surface area contributed by atoms with Crippen LogP contribution in [0.1, 0.15) is 0 Å². The van der Waals surface area contributed by atoms with E-state index in [-0.39, 0.29) is 0 Å². The van der Waals surface area contributed by atoms with E-state index in [1.54, 1.807) is 11.3 Å². The Morgan fingerprint density at radius 1 is 0.561 bits per heavy atom. The Morgan fingerprint density at radius 3 is 2.20 bits per heavy atom. The highest BCUT2D eigenvalue weighted by atomic mass is 32.1. The molecule has 0 fully saturated rings. The molecule has 0 atom stereocenters. The molecule has 0 saturated heterocycles. The minimum Gasteiger partial charge on any atom is -0.456 e. The van der Waals surface area contributed by atoms with E-state index in [4.69, 9.17) is 9.40 Å². The monoisotopic (exact) mass is 542 g/mol. The summed E-state index contributed by atoms with van der Waals surface area (Å²) in [7, 11) is 0. The van der Waals surface area contributed by atoms with Gasteiger partial charge in [-0.3, -0.25) is 0 Å². The van der Waals surface area contributed by atoms with E-state index in [0.717, 1.165) is 55.3 Å². The van der Waals surface area contributed by atoms with E-state index in [9.17, 15) is 0 Å². The second-order valence-electron chi connectivity index (χ2n) is 10.4. The second kappa shape index (κ2) is 8.65. The normalized spacial score (nSPS) is 11.9. The molecule has 1 aliphatic carbocycles. The van der Waals surface area contributed by atoms with Crippen LogP contribution in [-0.4, -0.2) is 4.98 Å². The molecule has 4 heteroatoms. The molecule has 0 N–H and O–H groups in total. The number of furan rings is 1. The Labute approximate surface area is 240 Å². The number of aromatic nitrogens is 1. The molecular weight excluding hydrogens is 520 g/mol. The Bertz CT molecular complexity index is 2240. The SMILES string of the molecule is c1ccc(-c2nc3c(s2)-c2ccc(N(c4ccccc4)c4ccc5c(c4)oc4ccccc45)c4cccc-3c24)cc1. The average molecular weight is 543 g/mol. The van der Waals surface area contributed by atoms with Gasteiger partial charge in [-0.2, -0.15) is 0 Å². The average Bonchev–Trinajstić information content (AvgIpc) is 3.71. The Balaban J connectivity index is 1.25. The number of para-hydroxylation sites is 2. The van der Waals surface area contributed by atoms with Gasteiger partial charge in [0.1, 0.15) is 16.2 Å². The van der Waals surface area contributed by atoms with Gasteiger partial charge in [-0.05, 0) is 36.4 Å². The molecule has 9 rings (SSSR count). The molecule has 0 unspecified atom stereocenters. The minimum absolute atomic E-state index is 0.885. The third kappa shape index (κ3) is 3.35. The lowest BCUT2D eigenvalue weighted by molar-refractivity contribution is 0.669. The van der Waals surface area contributed by atoms with Crippen molar-refractivity contribution >= 4 is 61.1 Å². The van der Waals surface area contributed by atoms with E-state index in [0.29, 0.717) is 0 Å². The van der Waals surface area contributed by atoms with Crippen LogP contribution in [0.5, 0.6) is 0 Å². The Kier molecular flexibility index (Phi) is 4.77. The Morgan fingerprint density at radius 2 is 1.32 bits per heavy atom. The molecule has 2 aromatic heterocycles. The van der Waals surface area contributed by atoms with Gasteiger partial charge in [-0.1, -0.05) is 91.0 Å². The van der Waals surface area contributed by atoms with Crippen LogP contribution in [-0.2, 0) is 0 Å². The highest BCUT2D eigenvalue weighted by molar-refractivity contribution is 7.19. The van der Waals surface area contributed by atoms with Crippen molar-refractivity contribution in [3.63, 3.8) is 0 Å². The number of anilines is 3. The second-order valence-corrected chi connectivity index (χ2v) is 11.4. The maximum atomic E-state index is 6.30. The van der Waals surface area contributed by atoms with Gasteiger partial charge in [0.25, 0.3) is 0 Å². The molecule has 8 aromatic rings. The molecule has 41 heavy (non-hydrogen) atoms. The summed E-state index contributed by atoms with van der Waals surface area (Å²) in [6.45, 7) is 0. The van der Waals surface area contributed by atoms with Gasteiger partial charge in [-0.15, -0.1) is 11.3 Å². The summed E-state index contributed by atoms with van der Waals surface area (Å²) >= 11 is 1.78. The molecule has 0 amide bonds. The number of rotatable bonds is 4. The molecule has 2 heterocycles. The van der Waals surface area contributed by atoms with Crippen LogP contribution in [0.15, 0.2) is 138 Å². The molecule has 0 radical (unpaired) electrons. The molecule has 0 spiro atoms. The number of hydrogen-bond acceptors (Lipinski definition) is 4. The van der Waals surface area contributed by atoms with Crippen molar-refractivity contribution in [2.75, 3.05) is 4.90 Å². The van der Waals surface area contributed by atoms with Crippen molar-refractivity contribution in [3.8, 4) is 32.3 Å². The van der Waals surface area contributed by atoms with E-state index in [2.05, 4.69) is 120 Å². The first kappa shape index (κ1) is 22.6. The molecule has 0 saturated carbocycles. The fraction of sp³-hybridized carbons (Fsp3) is 0. The van der Waals surface area contributed by atoms with Gasteiger partial charge in [-0.25, -0.2) is 4.98 Å². The highest BCUT2D eigenvalue weighted by Gasteiger charge is 2.28. The zero-order valence-corrected chi connectivity index (χ0v) is 22.7.